The predicted octanol–water partition coefficient (Wildman–Crippen LogP) is 7.06. The van der Waals surface area contributed by atoms with E-state index in [9.17, 15) is 4.79 Å². The fourth-order valence-electron chi connectivity index (χ4n) is 8.69. The third kappa shape index (κ3) is 3.99. The number of fused-ring (bicyclic) bond motifs is 5. The first kappa shape index (κ1) is 22.0. The second-order valence-corrected chi connectivity index (χ2v) is 11.3. The van der Waals surface area contributed by atoms with E-state index < -0.39 is 0 Å². The molecule has 0 aromatic heterocycles. The lowest BCUT2D eigenvalue weighted by molar-refractivity contribution is -0.143. The highest BCUT2D eigenvalue weighted by Crippen LogP contribution is 2.67. The van der Waals surface area contributed by atoms with Gasteiger partial charge in [0.1, 0.15) is 0 Å². The summed E-state index contributed by atoms with van der Waals surface area (Å²) in [5.41, 5.74) is 9.39. The Bertz CT molecular complexity index is 675. The molecule has 0 N–H and O–H groups in total. The molecule has 4 rings (SSSR count). The molecule has 168 valence electrons. The summed E-state index contributed by atoms with van der Waals surface area (Å²) >= 11 is 0. The first-order valence-electron chi connectivity index (χ1n) is 12.7. The molecule has 0 spiro atoms. The molecule has 5 heteroatoms. The van der Waals surface area contributed by atoms with Gasteiger partial charge in [-0.1, -0.05) is 31.8 Å². The average Bonchev–Trinajstić information content (AvgIpc) is 3.07. The SMILES string of the molecule is C[C@]12CCC3[C@@H](CC[C@@H]4CCCC[C@]34C)C1CCC2CCCC(=O)OCCN=[N+]=[N-]. The van der Waals surface area contributed by atoms with E-state index in [-0.39, 0.29) is 19.1 Å². The van der Waals surface area contributed by atoms with E-state index in [2.05, 4.69) is 23.9 Å². The summed E-state index contributed by atoms with van der Waals surface area (Å²) in [5.74, 6) is 4.47. The molecule has 4 saturated carbocycles. The number of hydrogen-bond donors (Lipinski definition) is 0. The number of azide groups is 1. The minimum absolute atomic E-state index is 0.143. The van der Waals surface area contributed by atoms with Gasteiger partial charge in [0.25, 0.3) is 0 Å². The van der Waals surface area contributed by atoms with Crippen molar-refractivity contribution in [2.24, 2.45) is 45.5 Å². The Morgan fingerprint density at radius 2 is 1.87 bits per heavy atom. The van der Waals surface area contributed by atoms with Gasteiger partial charge in [-0.05, 0) is 110 Å². The van der Waals surface area contributed by atoms with Crippen LogP contribution < -0.4 is 0 Å². The molecule has 0 aromatic rings. The first-order chi connectivity index (χ1) is 14.5. The molecular weight excluding hydrogens is 374 g/mol. The van der Waals surface area contributed by atoms with Crippen molar-refractivity contribution in [3.05, 3.63) is 10.4 Å². The van der Waals surface area contributed by atoms with Crippen LogP contribution in [-0.4, -0.2) is 19.1 Å². The largest absolute Gasteiger partial charge is 0.466 e. The minimum Gasteiger partial charge on any atom is -0.466 e. The third-order valence-electron chi connectivity index (χ3n) is 10.2. The maximum Gasteiger partial charge on any atom is 0.305 e. The lowest BCUT2D eigenvalue weighted by atomic mass is 9.45. The van der Waals surface area contributed by atoms with Gasteiger partial charge in [-0.2, -0.15) is 0 Å². The van der Waals surface area contributed by atoms with Crippen molar-refractivity contribution < 1.29 is 9.53 Å². The molecule has 7 atom stereocenters. The maximum atomic E-state index is 11.9. The molecule has 0 radical (unpaired) electrons. The summed E-state index contributed by atoms with van der Waals surface area (Å²) < 4.78 is 5.17. The molecule has 0 aromatic carbocycles. The molecule has 5 nitrogen and oxygen atoms in total. The second-order valence-electron chi connectivity index (χ2n) is 11.3. The Morgan fingerprint density at radius 1 is 1.03 bits per heavy atom. The van der Waals surface area contributed by atoms with E-state index in [1.807, 2.05) is 0 Å². The van der Waals surface area contributed by atoms with Crippen molar-refractivity contribution in [1.82, 2.24) is 0 Å². The molecule has 0 aliphatic heterocycles. The highest BCUT2D eigenvalue weighted by Gasteiger charge is 2.59. The van der Waals surface area contributed by atoms with E-state index >= 15 is 0 Å². The highest BCUT2D eigenvalue weighted by molar-refractivity contribution is 5.69. The van der Waals surface area contributed by atoms with Crippen molar-refractivity contribution >= 4 is 5.97 Å². The molecule has 4 aliphatic carbocycles. The van der Waals surface area contributed by atoms with Crippen LogP contribution in [-0.2, 0) is 9.53 Å². The van der Waals surface area contributed by atoms with Gasteiger partial charge < -0.3 is 4.74 Å². The molecule has 0 heterocycles. The quantitative estimate of drug-likeness (QED) is 0.147. The van der Waals surface area contributed by atoms with Gasteiger partial charge in [-0.3, -0.25) is 4.79 Å². The lowest BCUT2D eigenvalue weighted by Gasteiger charge is -2.60. The summed E-state index contributed by atoms with van der Waals surface area (Å²) in [6.07, 6.45) is 17.1. The van der Waals surface area contributed by atoms with Crippen molar-refractivity contribution in [3.8, 4) is 0 Å². The van der Waals surface area contributed by atoms with Gasteiger partial charge in [0.15, 0.2) is 0 Å². The van der Waals surface area contributed by atoms with Crippen LogP contribution in [0.2, 0.25) is 0 Å². The first-order valence-corrected chi connectivity index (χ1v) is 12.7. The summed E-state index contributed by atoms with van der Waals surface area (Å²) in [6.45, 7) is 5.69. The Morgan fingerprint density at radius 3 is 2.70 bits per heavy atom. The van der Waals surface area contributed by atoms with E-state index in [1.54, 1.807) is 0 Å². The smallest absolute Gasteiger partial charge is 0.305 e. The zero-order chi connectivity index (χ0) is 21.2. The van der Waals surface area contributed by atoms with Crippen LogP contribution in [0.4, 0.5) is 0 Å². The van der Waals surface area contributed by atoms with Crippen LogP contribution in [0.15, 0.2) is 5.11 Å². The molecule has 30 heavy (non-hydrogen) atoms. The number of carbonyl (C=O) groups excluding carboxylic acids is 1. The number of hydrogen-bond acceptors (Lipinski definition) is 3. The summed E-state index contributed by atoms with van der Waals surface area (Å²) in [7, 11) is 0. The second kappa shape index (κ2) is 9.10. The van der Waals surface area contributed by atoms with Gasteiger partial charge in [-0.15, -0.1) is 0 Å². The monoisotopic (exact) mass is 415 g/mol. The van der Waals surface area contributed by atoms with Crippen LogP contribution in [0.5, 0.6) is 0 Å². The van der Waals surface area contributed by atoms with E-state index in [0.29, 0.717) is 17.3 Å². The molecule has 4 aliphatic rings. The maximum absolute atomic E-state index is 11.9. The highest BCUT2D eigenvalue weighted by atomic mass is 16.5. The number of carbonyl (C=O) groups is 1. The fraction of sp³-hybridized carbons (Fsp3) is 0.960. The van der Waals surface area contributed by atoms with E-state index in [4.69, 9.17) is 10.3 Å². The molecule has 0 bridgehead atoms. The van der Waals surface area contributed by atoms with Crippen LogP contribution in [0, 0.1) is 40.4 Å². The molecule has 4 fully saturated rings. The summed E-state index contributed by atoms with van der Waals surface area (Å²) in [6, 6.07) is 0. The number of ether oxygens (including phenoxy) is 1. The standard InChI is InChI=1S/C25H41N3O2/c1-24-14-4-3-6-18(24)9-11-20-21-12-10-19(25(21,2)15-13-22(20)24)7-5-8-23(29)30-17-16-27-28-26/h18-22H,3-17H2,1-2H3/t18-,19?,20-,21?,22?,24-,25+/m0/s1. The number of nitrogens with zero attached hydrogens (tertiary/aromatic N) is 3. The summed E-state index contributed by atoms with van der Waals surface area (Å²) in [5, 5.41) is 3.41. The van der Waals surface area contributed by atoms with E-state index in [1.165, 1.54) is 64.2 Å². The number of esters is 1. The normalized spacial score (nSPS) is 42.4. The topological polar surface area (TPSA) is 75.1 Å². The van der Waals surface area contributed by atoms with Gasteiger partial charge in [0.2, 0.25) is 0 Å². The van der Waals surface area contributed by atoms with Crippen LogP contribution in [0.25, 0.3) is 10.4 Å². The molecule has 0 saturated heterocycles. The van der Waals surface area contributed by atoms with Gasteiger partial charge in [-0.25, -0.2) is 0 Å². The Labute approximate surface area is 182 Å². The van der Waals surface area contributed by atoms with Crippen LogP contribution in [0.3, 0.4) is 0 Å². The van der Waals surface area contributed by atoms with Crippen molar-refractivity contribution in [1.29, 1.82) is 0 Å². The van der Waals surface area contributed by atoms with Crippen LogP contribution >= 0.6 is 0 Å². The predicted molar refractivity (Wildman–Crippen MR) is 119 cm³/mol. The molecular formula is C25H41N3O2. The zero-order valence-corrected chi connectivity index (χ0v) is 19.2. The van der Waals surface area contributed by atoms with Gasteiger partial charge >= 0.3 is 5.97 Å². The average molecular weight is 416 g/mol. The molecule has 3 unspecified atom stereocenters. The minimum atomic E-state index is -0.143. The zero-order valence-electron chi connectivity index (χ0n) is 19.2. The van der Waals surface area contributed by atoms with Crippen molar-refractivity contribution in [2.45, 2.75) is 97.3 Å². The van der Waals surface area contributed by atoms with Gasteiger partial charge in [0.05, 0.1) is 13.2 Å². The number of rotatable bonds is 7. The Balaban J connectivity index is 1.31. The fourth-order valence-corrected chi connectivity index (χ4v) is 8.69. The third-order valence-corrected chi connectivity index (χ3v) is 10.2. The Hall–Kier alpha value is -1.22. The van der Waals surface area contributed by atoms with E-state index in [0.717, 1.165) is 42.4 Å². The van der Waals surface area contributed by atoms with Crippen LogP contribution in [0.1, 0.15) is 97.3 Å². The van der Waals surface area contributed by atoms with Crippen molar-refractivity contribution in [3.63, 3.8) is 0 Å². The Kier molecular flexibility index (Phi) is 6.67. The van der Waals surface area contributed by atoms with Crippen molar-refractivity contribution in [2.75, 3.05) is 13.2 Å². The summed E-state index contributed by atoms with van der Waals surface area (Å²) in [4.78, 5) is 14.6. The van der Waals surface area contributed by atoms with Gasteiger partial charge in [0, 0.05) is 11.3 Å². The lowest BCUT2D eigenvalue weighted by Crippen LogP contribution is -2.52. The molecule has 0 amide bonds.